The number of aromatic amines is 1. The van der Waals surface area contributed by atoms with Crippen LogP contribution in [0.4, 0.5) is 0 Å². The Bertz CT molecular complexity index is 555. The van der Waals surface area contributed by atoms with Gasteiger partial charge >= 0.3 is 0 Å². The van der Waals surface area contributed by atoms with Crippen LogP contribution in [0.5, 0.6) is 5.75 Å². The van der Waals surface area contributed by atoms with E-state index in [1.807, 2.05) is 12.1 Å². The van der Waals surface area contributed by atoms with E-state index in [2.05, 4.69) is 9.97 Å². The van der Waals surface area contributed by atoms with E-state index < -0.39 is 0 Å². The van der Waals surface area contributed by atoms with Gasteiger partial charge in [0.05, 0.1) is 7.11 Å². The Labute approximate surface area is 93.2 Å². The van der Waals surface area contributed by atoms with E-state index >= 15 is 0 Å². The maximum absolute atomic E-state index is 7.37. The molecule has 1 aromatic heterocycles. The number of aromatic nitrogens is 2. The van der Waals surface area contributed by atoms with Crippen LogP contribution in [0.15, 0.2) is 12.1 Å². The largest absolute Gasteiger partial charge is 0.494 e. The highest BCUT2D eigenvalue weighted by Crippen LogP contribution is 2.40. The third kappa shape index (κ3) is 1.30. The van der Waals surface area contributed by atoms with Gasteiger partial charge in [0, 0.05) is 17.7 Å². The average molecular weight is 215 g/mol. The molecular weight excluding hydrogens is 202 g/mol. The van der Waals surface area contributed by atoms with Crippen molar-refractivity contribution in [3.63, 3.8) is 0 Å². The molecule has 1 saturated carbocycles. The monoisotopic (exact) mass is 215 g/mol. The molecule has 2 aromatic rings. The Balaban J connectivity index is 2.27. The molecule has 0 amide bonds. The number of nitrogens with one attached hydrogen (secondary N) is 2. The third-order valence-electron chi connectivity index (χ3n) is 3.00. The summed E-state index contributed by atoms with van der Waals surface area (Å²) >= 11 is 0. The highest BCUT2D eigenvalue weighted by Gasteiger charge is 2.27. The molecule has 0 aliphatic heterocycles. The molecule has 1 aliphatic carbocycles. The van der Waals surface area contributed by atoms with E-state index in [0.717, 1.165) is 28.2 Å². The molecule has 4 nitrogen and oxygen atoms in total. The summed E-state index contributed by atoms with van der Waals surface area (Å²) in [6, 6.07) is 3.74. The summed E-state index contributed by atoms with van der Waals surface area (Å²) in [5, 5.41) is 7.37. The number of fused-ring (bicyclic) bond motifs is 1. The second-order valence-corrected chi connectivity index (χ2v) is 4.12. The molecule has 0 bridgehead atoms. The fraction of sp³-hybridized carbons (Fsp3) is 0.333. The van der Waals surface area contributed by atoms with E-state index in [9.17, 15) is 0 Å². The molecule has 0 atom stereocenters. The van der Waals surface area contributed by atoms with E-state index in [1.54, 1.807) is 7.11 Å². The van der Waals surface area contributed by atoms with Crippen LogP contribution >= 0.6 is 0 Å². The molecule has 1 heterocycles. The molecule has 3 rings (SSSR count). The van der Waals surface area contributed by atoms with Crippen molar-refractivity contribution in [2.45, 2.75) is 18.8 Å². The SMILES string of the molecule is COc1ccc(C=N)c2nc(C3CC3)[nH]c12. The molecule has 82 valence electrons. The van der Waals surface area contributed by atoms with Gasteiger partial charge in [-0.25, -0.2) is 4.98 Å². The van der Waals surface area contributed by atoms with Gasteiger partial charge in [-0.3, -0.25) is 0 Å². The van der Waals surface area contributed by atoms with Crippen molar-refractivity contribution in [2.75, 3.05) is 7.11 Å². The smallest absolute Gasteiger partial charge is 0.144 e. The van der Waals surface area contributed by atoms with Crippen LogP contribution in [0.3, 0.4) is 0 Å². The number of benzene rings is 1. The highest BCUT2D eigenvalue weighted by atomic mass is 16.5. The number of rotatable bonds is 3. The lowest BCUT2D eigenvalue weighted by Gasteiger charge is -2.01. The molecule has 0 spiro atoms. The van der Waals surface area contributed by atoms with Gasteiger partial charge in [0.15, 0.2) is 0 Å². The molecule has 1 aromatic carbocycles. The number of H-pyrrole nitrogens is 1. The van der Waals surface area contributed by atoms with Crippen LogP contribution in [0.2, 0.25) is 0 Å². The van der Waals surface area contributed by atoms with Crippen LogP contribution in [0.1, 0.15) is 30.1 Å². The number of methoxy groups -OCH3 is 1. The Hall–Kier alpha value is -1.84. The van der Waals surface area contributed by atoms with E-state index in [0.29, 0.717) is 5.92 Å². The van der Waals surface area contributed by atoms with Gasteiger partial charge in [-0.1, -0.05) is 0 Å². The first-order chi connectivity index (χ1) is 7.83. The molecule has 1 aliphatic rings. The summed E-state index contributed by atoms with van der Waals surface area (Å²) in [5.41, 5.74) is 2.58. The van der Waals surface area contributed by atoms with Crippen LogP contribution < -0.4 is 4.74 Å². The fourth-order valence-electron chi connectivity index (χ4n) is 1.94. The third-order valence-corrected chi connectivity index (χ3v) is 3.00. The van der Waals surface area contributed by atoms with E-state index in [4.69, 9.17) is 10.1 Å². The minimum Gasteiger partial charge on any atom is -0.494 e. The quantitative estimate of drug-likeness (QED) is 0.772. The van der Waals surface area contributed by atoms with Gasteiger partial charge in [-0.05, 0) is 25.0 Å². The van der Waals surface area contributed by atoms with Gasteiger partial charge in [0.2, 0.25) is 0 Å². The van der Waals surface area contributed by atoms with Crippen LogP contribution in [0, 0.1) is 5.41 Å². The van der Waals surface area contributed by atoms with Gasteiger partial charge in [0.1, 0.15) is 22.6 Å². The molecule has 16 heavy (non-hydrogen) atoms. The summed E-state index contributed by atoms with van der Waals surface area (Å²) in [6.45, 7) is 0. The zero-order valence-electron chi connectivity index (χ0n) is 9.08. The predicted molar refractivity (Wildman–Crippen MR) is 62.5 cm³/mol. The van der Waals surface area contributed by atoms with Crippen molar-refractivity contribution in [1.29, 1.82) is 5.41 Å². The van der Waals surface area contributed by atoms with Gasteiger partial charge in [-0.15, -0.1) is 0 Å². The minimum absolute atomic E-state index is 0.579. The van der Waals surface area contributed by atoms with Crippen molar-refractivity contribution in [3.05, 3.63) is 23.5 Å². The van der Waals surface area contributed by atoms with Crippen LogP contribution in [0.25, 0.3) is 11.0 Å². The number of hydrogen-bond donors (Lipinski definition) is 2. The number of ether oxygens (including phenoxy) is 1. The lowest BCUT2D eigenvalue weighted by molar-refractivity contribution is 0.419. The Morgan fingerprint density at radius 2 is 2.31 bits per heavy atom. The summed E-state index contributed by atoms with van der Waals surface area (Å²) in [5.74, 6) is 2.40. The predicted octanol–water partition coefficient (Wildman–Crippen LogP) is 2.45. The summed E-state index contributed by atoms with van der Waals surface area (Å²) < 4.78 is 5.29. The molecule has 2 N–H and O–H groups in total. The van der Waals surface area contributed by atoms with Crippen molar-refractivity contribution < 1.29 is 4.74 Å². The number of hydrogen-bond acceptors (Lipinski definition) is 3. The number of nitrogens with zero attached hydrogens (tertiary/aromatic N) is 1. The van der Waals surface area contributed by atoms with E-state index in [-0.39, 0.29) is 0 Å². The molecule has 1 fully saturated rings. The zero-order valence-corrected chi connectivity index (χ0v) is 9.08. The maximum Gasteiger partial charge on any atom is 0.144 e. The fourth-order valence-corrected chi connectivity index (χ4v) is 1.94. The average Bonchev–Trinajstić information content (AvgIpc) is 3.07. The van der Waals surface area contributed by atoms with Crippen molar-refractivity contribution >= 4 is 17.2 Å². The van der Waals surface area contributed by atoms with Crippen LogP contribution in [-0.4, -0.2) is 23.3 Å². The summed E-state index contributed by atoms with van der Waals surface area (Å²) in [4.78, 5) is 7.88. The molecule has 0 radical (unpaired) electrons. The normalized spacial score (nSPS) is 15.3. The Morgan fingerprint density at radius 1 is 1.50 bits per heavy atom. The van der Waals surface area contributed by atoms with Crippen molar-refractivity contribution in [3.8, 4) is 5.75 Å². The molecular formula is C12H13N3O. The second-order valence-electron chi connectivity index (χ2n) is 4.12. The summed E-state index contributed by atoms with van der Waals surface area (Å²) in [7, 11) is 1.65. The minimum atomic E-state index is 0.579. The van der Waals surface area contributed by atoms with Gasteiger partial charge in [0.25, 0.3) is 0 Å². The molecule has 0 saturated heterocycles. The Morgan fingerprint density at radius 3 is 2.94 bits per heavy atom. The molecule has 0 unspecified atom stereocenters. The van der Waals surface area contributed by atoms with Crippen molar-refractivity contribution in [1.82, 2.24) is 9.97 Å². The second kappa shape index (κ2) is 3.33. The zero-order chi connectivity index (χ0) is 11.1. The number of imidazole rings is 1. The molecule has 4 heteroatoms. The topological polar surface area (TPSA) is 61.8 Å². The van der Waals surface area contributed by atoms with Gasteiger partial charge < -0.3 is 15.1 Å². The van der Waals surface area contributed by atoms with E-state index in [1.165, 1.54) is 19.1 Å². The Kier molecular flexibility index (Phi) is 1.96. The standard InChI is InChI=1S/C12H13N3O/c1-16-9-5-4-8(6-13)10-11(9)15-12(14-10)7-2-3-7/h4-7,13H,2-3H2,1H3,(H,14,15). The lowest BCUT2D eigenvalue weighted by Crippen LogP contribution is -1.88. The first kappa shape index (κ1) is 9.39. The maximum atomic E-state index is 7.37. The summed E-state index contributed by atoms with van der Waals surface area (Å²) in [6.07, 6.45) is 3.75. The highest BCUT2D eigenvalue weighted by molar-refractivity contribution is 5.97. The first-order valence-corrected chi connectivity index (χ1v) is 5.40. The first-order valence-electron chi connectivity index (χ1n) is 5.40. The van der Waals surface area contributed by atoms with Gasteiger partial charge in [-0.2, -0.15) is 0 Å². The lowest BCUT2D eigenvalue weighted by atomic mass is 10.2. The van der Waals surface area contributed by atoms with Crippen molar-refractivity contribution in [2.24, 2.45) is 0 Å². The van der Waals surface area contributed by atoms with Crippen LogP contribution in [-0.2, 0) is 0 Å².